The summed E-state index contributed by atoms with van der Waals surface area (Å²) < 4.78 is 0. The van der Waals surface area contributed by atoms with Gasteiger partial charge in [-0.05, 0) is 24.5 Å². The Morgan fingerprint density at radius 3 is 2.71 bits per heavy atom. The molecule has 3 heteroatoms. The van der Waals surface area contributed by atoms with Crippen LogP contribution in [0.1, 0.15) is 39.8 Å². The lowest BCUT2D eigenvalue weighted by molar-refractivity contribution is 0.642. The Bertz CT molecular complexity index is 326. The largest absolute Gasteiger partial charge is 0.370 e. The highest BCUT2D eigenvalue weighted by molar-refractivity contribution is 7.99. The molecular weight excluding hydrogens is 228 g/mol. The van der Waals surface area contributed by atoms with Crippen LogP contribution in [0.15, 0.2) is 18.2 Å². The summed E-state index contributed by atoms with van der Waals surface area (Å²) >= 11 is 1.98. The maximum atomic E-state index is 4.61. The third-order valence-electron chi connectivity index (χ3n) is 2.80. The Morgan fingerprint density at radius 1 is 1.29 bits per heavy atom. The van der Waals surface area contributed by atoms with Gasteiger partial charge in [-0.3, -0.25) is 0 Å². The van der Waals surface area contributed by atoms with Crippen LogP contribution in [0.3, 0.4) is 0 Å². The molecule has 1 N–H and O–H groups in total. The van der Waals surface area contributed by atoms with E-state index in [1.54, 1.807) is 0 Å². The number of aromatic nitrogens is 1. The van der Waals surface area contributed by atoms with Crippen LogP contribution in [-0.2, 0) is 5.75 Å². The first-order valence-electron chi connectivity index (χ1n) is 6.45. The number of thioether (sulfide) groups is 1. The SMILES string of the molecule is CCCNc1cccc(CSC(C)C(C)C)n1. The number of hydrogen-bond donors (Lipinski definition) is 1. The van der Waals surface area contributed by atoms with Crippen LogP contribution >= 0.6 is 11.8 Å². The molecule has 0 saturated carbocycles. The quantitative estimate of drug-likeness (QED) is 0.788. The number of nitrogens with zero attached hydrogens (tertiary/aromatic N) is 1. The maximum absolute atomic E-state index is 4.61. The van der Waals surface area contributed by atoms with Crippen molar-refractivity contribution in [3.05, 3.63) is 23.9 Å². The summed E-state index contributed by atoms with van der Waals surface area (Å²) in [6, 6.07) is 6.23. The van der Waals surface area contributed by atoms with E-state index < -0.39 is 0 Å². The van der Waals surface area contributed by atoms with Gasteiger partial charge in [0.1, 0.15) is 5.82 Å². The summed E-state index contributed by atoms with van der Waals surface area (Å²) in [5.41, 5.74) is 1.17. The van der Waals surface area contributed by atoms with Crippen molar-refractivity contribution >= 4 is 17.6 Å². The molecule has 0 amide bonds. The average Bonchev–Trinajstić information content (AvgIpc) is 2.33. The monoisotopic (exact) mass is 252 g/mol. The molecule has 0 aromatic carbocycles. The van der Waals surface area contributed by atoms with Crippen LogP contribution in [0, 0.1) is 5.92 Å². The van der Waals surface area contributed by atoms with Crippen molar-refractivity contribution < 1.29 is 0 Å². The molecule has 0 spiro atoms. The molecule has 0 saturated heterocycles. The molecule has 96 valence electrons. The minimum atomic E-state index is 0.684. The molecular formula is C14H24N2S. The van der Waals surface area contributed by atoms with Gasteiger partial charge in [0.25, 0.3) is 0 Å². The second kappa shape index (κ2) is 7.59. The molecule has 0 radical (unpaired) electrons. The predicted molar refractivity (Wildman–Crippen MR) is 78.6 cm³/mol. The van der Waals surface area contributed by atoms with Crippen LogP contribution in [0.2, 0.25) is 0 Å². The van der Waals surface area contributed by atoms with Crippen LogP contribution < -0.4 is 5.32 Å². The third kappa shape index (κ3) is 5.44. The summed E-state index contributed by atoms with van der Waals surface area (Å²) in [6.45, 7) is 9.98. The van der Waals surface area contributed by atoms with E-state index in [0.29, 0.717) is 5.25 Å². The maximum Gasteiger partial charge on any atom is 0.126 e. The van der Waals surface area contributed by atoms with Crippen molar-refractivity contribution in [2.24, 2.45) is 5.92 Å². The highest BCUT2D eigenvalue weighted by atomic mass is 32.2. The third-order valence-corrected chi connectivity index (χ3v) is 4.33. The topological polar surface area (TPSA) is 24.9 Å². The Labute approximate surface area is 110 Å². The highest BCUT2D eigenvalue weighted by Gasteiger charge is 2.08. The van der Waals surface area contributed by atoms with Gasteiger partial charge in [0, 0.05) is 17.5 Å². The first-order valence-corrected chi connectivity index (χ1v) is 7.49. The molecule has 1 unspecified atom stereocenters. The van der Waals surface area contributed by atoms with Gasteiger partial charge in [0.05, 0.1) is 5.69 Å². The van der Waals surface area contributed by atoms with Crippen molar-refractivity contribution in [1.82, 2.24) is 4.98 Å². The first-order chi connectivity index (χ1) is 8.13. The van der Waals surface area contributed by atoms with E-state index in [9.17, 15) is 0 Å². The van der Waals surface area contributed by atoms with Gasteiger partial charge in [-0.2, -0.15) is 11.8 Å². The molecule has 1 atom stereocenters. The molecule has 1 aromatic heterocycles. The minimum Gasteiger partial charge on any atom is -0.370 e. The van der Waals surface area contributed by atoms with Gasteiger partial charge in [-0.25, -0.2) is 4.98 Å². The predicted octanol–water partition coefficient (Wildman–Crippen LogP) is 4.18. The fourth-order valence-corrected chi connectivity index (χ4v) is 2.30. The molecule has 0 aliphatic carbocycles. The standard InChI is InChI=1S/C14H24N2S/c1-5-9-15-14-8-6-7-13(16-14)10-17-12(4)11(2)3/h6-8,11-12H,5,9-10H2,1-4H3,(H,15,16). The molecule has 0 aliphatic heterocycles. The Kier molecular flexibility index (Phi) is 6.41. The lowest BCUT2D eigenvalue weighted by Crippen LogP contribution is -2.07. The second-order valence-electron chi connectivity index (χ2n) is 4.70. The summed E-state index contributed by atoms with van der Waals surface area (Å²) in [6.07, 6.45) is 1.13. The van der Waals surface area contributed by atoms with E-state index in [2.05, 4.69) is 50.1 Å². The first kappa shape index (κ1) is 14.4. The smallest absolute Gasteiger partial charge is 0.126 e. The minimum absolute atomic E-state index is 0.684. The van der Waals surface area contributed by atoms with Crippen molar-refractivity contribution in [2.75, 3.05) is 11.9 Å². The van der Waals surface area contributed by atoms with E-state index in [4.69, 9.17) is 0 Å². The normalized spacial score (nSPS) is 12.8. The number of pyridine rings is 1. The van der Waals surface area contributed by atoms with Crippen LogP contribution in [0.25, 0.3) is 0 Å². The zero-order chi connectivity index (χ0) is 12.7. The zero-order valence-corrected chi connectivity index (χ0v) is 12.2. The fourth-order valence-electron chi connectivity index (χ4n) is 1.32. The average molecular weight is 252 g/mol. The van der Waals surface area contributed by atoms with E-state index in [1.165, 1.54) is 5.69 Å². The van der Waals surface area contributed by atoms with E-state index in [0.717, 1.165) is 30.5 Å². The lowest BCUT2D eigenvalue weighted by Gasteiger charge is -2.14. The van der Waals surface area contributed by atoms with Crippen molar-refractivity contribution in [3.63, 3.8) is 0 Å². The van der Waals surface area contributed by atoms with Crippen LogP contribution in [0.5, 0.6) is 0 Å². The molecule has 1 heterocycles. The van der Waals surface area contributed by atoms with Gasteiger partial charge in [0.2, 0.25) is 0 Å². The molecule has 0 aliphatic rings. The Hall–Kier alpha value is -0.700. The molecule has 17 heavy (non-hydrogen) atoms. The van der Waals surface area contributed by atoms with Crippen LogP contribution in [0.4, 0.5) is 5.82 Å². The van der Waals surface area contributed by atoms with Crippen molar-refractivity contribution in [2.45, 2.75) is 45.1 Å². The van der Waals surface area contributed by atoms with Gasteiger partial charge in [0.15, 0.2) is 0 Å². The van der Waals surface area contributed by atoms with Gasteiger partial charge < -0.3 is 5.32 Å². The van der Waals surface area contributed by atoms with Gasteiger partial charge >= 0.3 is 0 Å². The van der Waals surface area contributed by atoms with Gasteiger partial charge in [-0.1, -0.05) is 33.8 Å². The van der Waals surface area contributed by atoms with E-state index >= 15 is 0 Å². The Morgan fingerprint density at radius 2 is 2.06 bits per heavy atom. The summed E-state index contributed by atoms with van der Waals surface area (Å²) in [7, 11) is 0. The lowest BCUT2D eigenvalue weighted by atomic mass is 10.2. The second-order valence-corrected chi connectivity index (χ2v) is 6.07. The van der Waals surface area contributed by atoms with Gasteiger partial charge in [-0.15, -0.1) is 0 Å². The number of rotatable bonds is 7. The molecule has 1 aromatic rings. The number of nitrogens with one attached hydrogen (secondary N) is 1. The molecule has 0 bridgehead atoms. The van der Waals surface area contributed by atoms with Crippen LogP contribution in [-0.4, -0.2) is 16.8 Å². The van der Waals surface area contributed by atoms with E-state index in [-0.39, 0.29) is 0 Å². The molecule has 0 fully saturated rings. The molecule has 1 rings (SSSR count). The van der Waals surface area contributed by atoms with Crippen molar-refractivity contribution in [1.29, 1.82) is 0 Å². The summed E-state index contributed by atoms with van der Waals surface area (Å²) in [4.78, 5) is 4.61. The fraction of sp³-hybridized carbons (Fsp3) is 0.643. The summed E-state index contributed by atoms with van der Waals surface area (Å²) in [5.74, 6) is 2.73. The number of hydrogen-bond acceptors (Lipinski definition) is 3. The number of anilines is 1. The van der Waals surface area contributed by atoms with Crippen molar-refractivity contribution in [3.8, 4) is 0 Å². The van der Waals surface area contributed by atoms with E-state index in [1.807, 2.05) is 17.8 Å². The highest BCUT2D eigenvalue weighted by Crippen LogP contribution is 2.22. The molecule has 2 nitrogen and oxygen atoms in total. The zero-order valence-electron chi connectivity index (χ0n) is 11.4. The Balaban J connectivity index is 2.48. The summed E-state index contributed by atoms with van der Waals surface area (Å²) in [5, 5.41) is 4.01.